The summed E-state index contributed by atoms with van der Waals surface area (Å²) in [6.45, 7) is 4.90. The maximum absolute atomic E-state index is 12.9. The number of aromatic nitrogens is 1. The molecule has 1 aromatic heterocycles. The fourth-order valence-corrected chi connectivity index (χ4v) is 2.91. The number of allylic oxidation sites excluding steroid dienone is 4. The molecule has 0 saturated carbocycles. The lowest BCUT2D eigenvalue weighted by Gasteiger charge is -2.09. The van der Waals surface area contributed by atoms with Crippen molar-refractivity contribution in [3.8, 4) is 11.3 Å². The number of halogens is 3. The Bertz CT molecular complexity index is 825. The Morgan fingerprint density at radius 3 is 2.69 bits per heavy atom. The number of hydrogen-bond donors (Lipinski definition) is 2. The van der Waals surface area contributed by atoms with Crippen LogP contribution in [0, 0.1) is 0 Å². The first-order chi connectivity index (χ1) is 12.4. The Balaban J connectivity index is 2.26. The lowest BCUT2D eigenvalue weighted by Crippen LogP contribution is -2.76. The highest BCUT2D eigenvalue weighted by Crippen LogP contribution is 2.30. The highest BCUT2D eigenvalue weighted by atomic mass is 32.1. The van der Waals surface area contributed by atoms with Crippen molar-refractivity contribution < 1.29 is 23.5 Å². The molecule has 1 aromatic carbocycles. The van der Waals surface area contributed by atoms with Gasteiger partial charge in [0.2, 0.25) is 0 Å². The van der Waals surface area contributed by atoms with Crippen molar-refractivity contribution in [1.82, 2.24) is 4.98 Å². The number of benzene rings is 1. The van der Waals surface area contributed by atoms with Gasteiger partial charge < -0.3 is 5.32 Å². The minimum absolute atomic E-state index is 0.216. The third-order valence-corrected chi connectivity index (χ3v) is 4.16. The molecule has 138 valence electrons. The fraction of sp³-hybridized carbons (Fsp3) is 0.167. The molecule has 0 atom stereocenters. The van der Waals surface area contributed by atoms with Crippen LogP contribution in [0.5, 0.6) is 0 Å². The Labute approximate surface area is 153 Å². The normalized spacial score (nSPS) is 13.0. The zero-order valence-electron chi connectivity index (χ0n) is 14.3. The van der Waals surface area contributed by atoms with E-state index in [1.54, 1.807) is 12.6 Å². The molecule has 0 aliphatic rings. The number of nitrogens with one attached hydrogen (secondary N) is 1. The van der Waals surface area contributed by atoms with Gasteiger partial charge in [-0.2, -0.15) is 18.7 Å². The molecular weight excluding hydrogens is 363 g/mol. The summed E-state index contributed by atoms with van der Waals surface area (Å²) in [7, 11) is 1.56. The molecule has 0 fully saturated rings. The number of nitrogens with two attached hydrogens (primary N) is 1. The van der Waals surface area contributed by atoms with Crippen LogP contribution in [0.4, 0.5) is 24.0 Å². The number of thiazole rings is 1. The Kier molecular flexibility index (Phi) is 6.73. The van der Waals surface area contributed by atoms with Gasteiger partial charge in [0.05, 0.1) is 23.9 Å². The van der Waals surface area contributed by atoms with Crippen molar-refractivity contribution in [2.45, 2.75) is 13.1 Å². The number of rotatable bonds is 7. The van der Waals surface area contributed by atoms with Gasteiger partial charge in [-0.15, -0.1) is 11.3 Å². The van der Waals surface area contributed by atoms with Crippen molar-refractivity contribution in [2.24, 2.45) is 0 Å². The minimum atomic E-state index is -4.42. The first-order valence-electron chi connectivity index (χ1n) is 7.64. The van der Waals surface area contributed by atoms with Crippen molar-refractivity contribution in [3.05, 3.63) is 65.7 Å². The molecule has 8 heteroatoms. The highest BCUT2D eigenvalue weighted by molar-refractivity contribution is 7.14. The molecule has 4 nitrogen and oxygen atoms in total. The molecule has 0 bridgehead atoms. The second kappa shape index (κ2) is 8.79. The van der Waals surface area contributed by atoms with E-state index in [0.717, 1.165) is 23.4 Å². The molecule has 26 heavy (non-hydrogen) atoms. The van der Waals surface area contributed by atoms with Crippen LogP contribution in [0.15, 0.2) is 65.7 Å². The van der Waals surface area contributed by atoms with Gasteiger partial charge in [-0.1, -0.05) is 24.8 Å². The molecule has 0 saturated heterocycles. The number of anilines is 1. The van der Waals surface area contributed by atoms with E-state index in [4.69, 9.17) is 4.84 Å². The molecule has 3 N–H and O–H groups in total. The summed E-state index contributed by atoms with van der Waals surface area (Å²) >= 11 is 1.29. The smallest absolute Gasteiger partial charge is 0.332 e. The van der Waals surface area contributed by atoms with Crippen LogP contribution in [0.2, 0.25) is 0 Å². The zero-order chi connectivity index (χ0) is 19.2. The largest absolute Gasteiger partial charge is 0.416 e. The number of quaternary nitrogens is 1. The molecule has 0 radical (unpaired) electrons. The molecule has 0 unspecified atom stereocenters. The predicted molar refractivity (Wildman–Crippen MR) is 97.9 cm³/mol. The fourth-order valence-electron chi connectivity index (χ4n) is 2.18. The molecule has 0 aliphatic carbocycles. The van der Waals surface area contributed by atoms with E-state index in [2.05, 4.69) is 16.9 Å². The summed E-state index contributed by atoms with van der Waals surface area (Å²) in [5.41, 5.74) is 3.50. The molecule has 1 heterocycles. The van der Waals surface area contributed by atoms with Crippen LogP contribution in [0.3, 0.4) is 0 Å². The molecular formula is C18H19F3N3OS+. The Morgan fingerprint density at radius 1 is 1.35 bits per heavy atom. The van der Waals surface area contributed by atoms with Gasteiger partial charge in [0, 0.05) is 17.1 Å². The molecule has 0 amide bonds. The van der Waals surface area contributed by atoms with Crippen molar-refractivity contribution >= 4 is 22.2 Å². The lowest BCUT2D eigenvalue weighted by molar-refractivity contribution is -0.829. The quantitative estimate of drug-likeness (QED) is 0.419. The molecule has 0 aliphatic heterocycles. The topological polar surface area (TPSA) is 50.8 Å². The van der Waals surface area contributed by atoms with Gasteiger partial charge >= 0.3 is 6.18 Å². The van der Waals surface area contributed by atoms with Gasteiger partial charge in [0.1, 0.15) is 0 Å². The van der Waals surface area contributed by atoms with Crippen LogP contribution in [-0.4, -0.2) is 18.3 Å². The summed E-state index contributed by atoms with van der Waals surface area (Å²) in [5, 5.41) is 5.17. The van der Waals surface area contributed by atoms with Crippen LogP contribution < -0.4 is 10.8 Å². The second-order valence-electron chi connectivity index (χ2n) is 5.15. The Morgan fingerprint density at radius 2 is 2.08 bits per heavy atom. The lowest BCUT2D eigenvalue weighted by atomic mass is 10.1. The minimum Gasteiger partial charge on any atom is -0.332 e. The molecule has 0 spiro atoms. The maximum Gasteiger partial charge on any atom is 0.416 e. The van der Waals surface area contributed by atoms with Crippen LogP contribution in [-0.2, 0) is 4.84 Å². The van der Waals surface area contributed by atoms with Gasteiger partial charge in [-0.3, -0.25) is 0 Å². The molecule has 2 aromatic rings. The number of alkyl halides is 3. The summed E-state index contributed by atoms with van der Waals surface area (Å²) in [6.07, 6.45) is -1.09. The van der Waals surface area contributed by atoms with Crippen LogP contribution in [0.1, 0.15) is 6.92 Å². The van der Waals surface area contributed by atoms with Gasteiger partial charge in [-0.25, -0.2) is 9.82 Å². The van der Waals surface area contributed by atoms with Crippen molar-refractivity contribution in [3.63, 3.8) is 0 Å². The second-order valence-corrected chi connectivity index (χ2v) is 6.01. The van der Waals surface area contributed by atoms with E-state index in [-0.39, 0.29) is 5.70 Å². The van der Waals surface area contributed by atoms with E-state index in [1.165, 1.54) is 24.3 Å². The zero-order valence-corrected chi connectivity index (χ0v) is 15.1. The van der Waals surface area contributed by atoms with E-state index in [9.17, 15) is 13.2 Å². The van der Waals surface area contributed by atoms with E-state index >= 15 is 0 Å². The standard InChI is InChI=1S/C18H18F3N3OS/c1-4-12(18(19,20)21)10-13(5-2)22-17-23-16(11-26-17)14-8-6-7-9-15(14)24-25-3/h4-11,24H,2H2,1,3H3,(H,22,23)/p+1/b12-4+,13-10+. The average molecular weight is 382 g/mol. The van der Waals surface area contributed by atoms with E-state index < -0.39 is 11.7 Å². The monoisotopic (exact) mass is 382 g/mol. The maximum atomic E-state index is 12.9. The highest BCUT2D eigenvalue weighted by Gasteiger charge is 2.31. The summed E-state index contributed by atoms with van der Waals surface area (Å²) < 4.78 is 38.7. The number of hydrogen-bond acceptors (Lipinski definition) is 4. The van der Waals surface area contributed by atoms with E-state index in [0.29, 0.717) is 10.8 Å². The van der Waals surface area contributed by atoms with E-state index in [1.807, 2.05) is 29.6 Å². The first kappa shape index (κ1) is 19.9. The van der Waals surface area contributed by atoms with Gasteiger partial charge in [-0.05, 0) is 25.1 Å². The third-order valence-electron chi connectivity index (χ3n) is 3.41. The van der Waals surface area contributed by atoms with Gasteiger partial charge in [0.15, 0.2) is 10.8 Å². The van der Waals surface area contributed by atoms with Crippen molar-refractivity contribution in [1.29, 1.82) is 0 Å². The number of nitrogens with zero attached hydrogens (tertiary/aromatic N) is 1. The predicted octanol–water partition coefficient (Wildman–Crippen LogP) is 4.56. The average Bonchev–Trinajstić information content (AvgIpc) is 3.06. The summed E-state index contributed by atoms with van der Waals surface area (Å²) in [5.74, 6) is 0. The SMILES string of the molecule is C=C/C(=C\C(=C/C)C(F)(F)F)Nc1nc(-c2ccccc2[NH2+]OC)cs1. The van der Waals surface area contributed by atoms with Crippen LogP contribution in [0.25, 0.3) is 11.3 Å². The Hall–Kier alpha value is -2.42. The summed E-state index contributed by atoms with van der Waals surface area (Å²) in [4.78, 5) is 9.52. The molecule has 2 rings (SSSR count). The van der Waals surface area contributed by atoms with Gasteiger partial charge in [0.25, 0.3) is 0 Å². The third kappa shape index (κ3) is 5.04. The first-order valence-corrected chi connectivity index (χ1v) is 8.52. The van der Waals surface area contributed by atoms with Crippen LogP contribution >= 0.6 is 11.3 Å². The summed E-state index contributed by atoms with van der Waals surface area (Å²) in [6, 6.07) is 7.55. The van der Waals surface area contributed by atoms with Crippen molar-refractivity contribution in [2.75, 3.05) is 12.4 Å².